The zero-order valence-corrected chi connectivity index (χ0v) is 14.4. The van der Waals surface area contributed by atoms with Crippen molar-refractivity contribution in [2.45, 2.75) is 18.4 Å². The molecule has 6 nitrogen and oxygen atoms in total. The molecule has 0 radical (unpaired) electrons. The largest absolute Gasteiger partial charge is 0.267 e. The Morgan fingerprint density at radius 3 is 2.16 bits per heavy atom. The second-order valence-corrected chi connectivity index (χ2v) is 7.65. The van der Waals surface area contributed by atoms with Crippen LogP contribution in [0, 0.1) is 6.92 Å². The summed E-state index contributed by atoms with van der Waals surface area (Å²) >= 11 is 0. The first-order valence-corrected chi connectivity index (χ1v) is 9.26. The van der Waals surface area contributed by atoms with Crippen molar-refractivity contribution in [3.05, 3.63) is 78.1 Å². The van der Waals surface area contributed by atoms with Crippen LogP contribution >= 0.6 is 0 Å². The van der Waals surface area contributed by atoms with E-state index in [1.54, 1.807) is 42.6 Å². The summed E-state index contributed by atoms with van der Waals surface area (Å²) in [5.41, 5.74) is 3.17. The molecule has 0 amide bonds. The van der Waals surface area contributed by atoms with E-state index in [4.69, 9.17) is 0 Å². The Morgan fingerprint density at radius 1 is 0.880 bits per heavy atom. The predicted octanol–water partition coefficient (Wildman–Crippen LogP) is 2.83. The van der Waals surface area contributed by atoms with E-state index in [0.717, 1.165) is 16.6 Å². The standard InChI is InChI=1S/C18H16N4O2S/c1-14-8-10-16(11-9-14)25(23,24)21-12-4-5-15(21)13-22-19-17-6-2-3-7-18(17)20-22/h2-12H,13H2,1H3. The predicted molar refractivity (Wildman–Crippen MR) is 94.8 cm³/mol. The Morgan fingerprint density at radius 2 is 1.52 bits per heavy atom. The van der Waals surface area contributed by atoms with Gasteiger partial charge in [-0.05, 0) is 43.3 Å². The van der Waals surface area contributed by atoms with Crippen molar-refractivity contribution >= 4 is 21.1 Å². The quantitative estimate of drug-likeness (QED) is 0.566. The molecule has 2 aromatic carbocycles. The van der Waals surface area contributed by atoms with Crippen LogP contribution in [0.1, 0.15) is 11.3 Å². The molecule has 0 saturated heterocycles. The lowest BCUT2D eigenvalue weighted by Gasteiger charge is -2.10. The van der Waals surface area contributed by atoms with Gasteiger partial charge in [0, 0.05) is 6.20 Å². The zero-order valence-electron chi connectivity index (χ0n) is 13.6. The van der Waals surface area contributed by atoms with E-state index >= 15 is 0 Å². The summed E-state index contributed by atoms with van der Waals surface area (Å²) in [6, 6.07) is 17.8. The SMILES string of the molecule is Cc1ccc(S(=O)(=O)n2cccc2Cn2nc3ccccc3n2)cc1. The molecule has 0 fully saturated rings. The van der Waals surface area contributed by atoms with Gasteiger partial charge in [0.05, 0.1) is 10.6 Å². The van der Waals surface area contributed by atoms with Gasteiger partial charge in [-0.15, -0.1) is 0 Å². The summed E-state index contributed by atoms with van der Waals surface area (Å²) in [6.45, 7) is 2.19. The lowest BCUT2D eigenvalue weighted by molar-refractivity contribution is 0.567. The fourth-order valence-corrected chi connectivity index (χ4v) is 4.07. The lowest BCUT2D eigenvalue weighted by Crippen LogP contribution is -2.17. The van der Waals surface area contributed by atoms with E-state index < -0.39 is 10.0 Å². The number of benzene rings is 2. The molecule has 0 spiro atoms. The molecule has 0 aliphatic carbocycles. The summed E-state index contributed by atoms with van der Waals surface area (Å²) in [6.07, 6.45) is 1.55. The van der Waals surface area contributed by atoms with Crippen LogP contribution in [0.5, 0.6) is 0 Å². The van der Waals surface area contributed by atoms with Crippen LogP contribution in [0.3, 0.4) is 0 Å². The van der Waals surface area contributed by atoms with Gasteiger partial charge in [0.25, 0.3) is 10.0 Å². The Hall–Kier alpha value is -2.93. The molecule has 7 heteroatoms. The maximum atomic E-state index is 12.9. The monoisotopic (exact) mass is 352 g/mol. The van der Waals surface area contributed by atoms with Gasteiger partial charge in [-0.3, -0.25) is 0 Å². The number of nitrogens with zero attached hydrogens (tertiary/aromatic N) is 4. The average molecular weight is 352 g/mol. The third-order valence-corrected chi connectivity index (χ3v) is 5.74. The number of fused-ring (bicyclic) bond motifs is 1. The van der Waals surface area contributed by atoms with E-state index in [2.05, 4.69) is 10.2 Å². The van der Waals surface area contributed by atoms with Crippen LogP contribution < -0.4 is 0 Å². The molecule has 0 aliphatic rings. The van der Waals surface area contributed by atoms with Crippen LogP contribution in [-0.2, 0) is 16.6 Å². The fraction of sp³-hybridized carbons (Fsp3) is 0.111. The minimum absolute atomic E-state index is 0.258. The minimum atomic E-state index is -3.65. The second-order valence-electron chi connectivity index (χ2n) is 5.83. The van der Waals surface area contributed by atoms with Gasteiger partial charge in [0.2, 0.25) is 0 Å². The van der Waals surface area contributed by atoms with Crippen molar-refractivity contribution in [3.8, 4) is 0 Å². The topological polar surface area (TPSA) is 69.8 Å². The smallest absolute Gasteiger partial charge is 0.244 e. The molecule has 126 valence electrons. The third-order valence-electron chi connectivity index (χ3n) is 4.00. The highest BCUT2D eigenvalue weighted by Crippen LogP contribution is 2.18. The van der Waals surface area contributed by atoms with Crippen LogP contribution in [-0.4, -0.2) is 27.4 Å². The summed E-state index contributed by atoms with van der Waals surface area (Å²) in [5, 5.41) is 8.79. The molecule has 0 unspecified atom stereocenters. The molecule has 25 heavy (non-hydrogen) atoms. The number of aryl methyl sites for hydroxylation is 1. The first kappa shape index (κ1) is 15.6. The first-order valence-electron chi connectivity index (χ1n) is 7.82. The molecule has 0 bridgehead atoms. The lowest BCUT2D eigenvalue weighted by atomic mass is 10.2. The third kappa shape index (κ3) is 2.83. The molecule has 0 aliphatic heterocycles. The normalized spacial score (nSPS) is 11.9. The van der Waals surface area contributed by atoms with Crippen molar-refractivity contribution in [3.63, 3.8) is 0 Å². The summed E-state index contributed by atoms with van der Waals surface area (Å²) in [4.78, 5) is 1.77. The highest BCUT2D eigenvalue weighted by Gasteiger charge is 2.19. The van der Waals surface area contributed by atoms with Gasteiger partial charge < -0.3 is 0 Å². The molecule has 0 atom stereocenters. The molecular formula is C18H16N4O2S. The van der Waals surface area contributed by atoms with Crippen molar-refractivity contribution in [1.29, 1.82) is 0 Å². The molecule has 0 saturated carbocycles. The van der Waals surface area contributed by atoms with Crippen molar-refractivity contribution in [2.24, 2.45) is 0 Å². The van der Waals surface area contributed by atoms with Crippen molar-refractivity contribution in [1.82, 2.24) is 19.0 Å². The minimum Gasteiger partial charge on any atom is -0.244 e. The van der Waals surface area contributed by atoms with Crippen molar-refractivity contribution < 1.29 is 8.42 Å². The van der Waals surface area contributed by atoms with Crippen LogP contribution in [0.4, 0.5) is 0 Å². The summed E-state index contributed by atoms with van der Waals surface area (Å²) in [5.74, 6) is 0. The maximum absolute atomic E-state index is 12.9. The van der Waals surface area contributed by atoms with Gasteiger partial charge in [0.1, 0.15) is 17.6 Å². The highest BCUT2D eigenvalue weighted by molar-refractivity contribution is 7.90. The Balaban J connectivity index is 1.71. The van der Waals surface area contributed by atoms with E-state index in [9.17, 15) is 8.42 Å². The molecule has 2 heterocycles. The molecular weight excluding hydrogens is 336 g/mol. The number of hydrogen-bond acceptors (Lipinski definition) is 4. The average Bonchev–Trinajstić information content (AvgIpc) is 3.22. The van der Waals surface area contributed by atoms with Gasteiger partial charge >= 0.3 is 0 Å². The van der Waals surface area contributed by atoms with E-state index in [0.29, 0.717) is 5.69 Å². The van der Waals surface area contributed by atoms with E-state index in [1.807, 2.05) is 31.2 Å². The molecule has 4 rings (SSSR count). The Labute approximate surface area is 145 Å². The Kier molecular flexibility index (Phi) is 3.65. The van der Waals surface area contributed by atoms with Gasteiger partial charge in [-0.1, -0.05) is 29.8 Å². The van der Waals surface area contributed by atoms with E-state index in [-0.39, 0.29) is 11.4 Å². The van der Waals surface area contributed by atoms with Gasteiger partial charge in [-0.25, -0.2) is 12.4 Å². The molecule has 2 aromatic heterocycles. The second kappa shape index (κ2) is 5.86. The van der Waals surface area contributed by atoms with Crippen LogP contribution in [0.2, 0.25) is 0 Å². The number of aromatic nitrogens is 4. The van der Waals surface area contributed by atoms with E-state index in [1.165, 1.54) is 8.77 Å². The number of hydrogen-bond donors (Lipinski definition) is 0. The van der Waals surface area contributed by atoms with Gasteiger partial charge in [0.15, 0.2) is 0 Å². The summed E-state index contributed by atoms with van der Waals surface area (Å²) < 4.78 is 27.1. The first-order chi connectivity index (χ1) is 12.0. The fourth-order valence-electron chi connectivity index (χ4n) is 2.70. The highest BCUT2D eigenvalue weighted by atomic mass is 32.2. The summed E-state index contributed by atoms with van der Waals surface area (Å²) in [7, 11) is -3.65. The van der Waals surface area contributed by atoms with Gasteiger partial charge in [-0.2, -0.15) is 15.0 Å². The Bertz CT molecular complexity index is 1110. The number of rotatable bonds is 4. The maximum Gasteiger partial charge on any atom is 0.267 e. The van der Waals surface area contributed by atoms with Crippen molar-refractivity contribution in [2.75, 3.05) is 0 Å². The molecule has 4 aromatic rings. The zero-order chi connectivity index (χ0) is 17.4. The molecule has 0 N–H and O–H groups in total. The van der Waals surface area contributed by atoms with Crippen LogP contribution in [0.15, 0.2) is 71.8 Å². The van der Waals surface area contributed by atoms with Crippen LogP contribution in [0.25, 0.3) is 11.0 Å².